The van der Waals surface area contributed by atoms with Crippen LogP contribution >= 0.6 is 0 Å². The van der Waals surface area contributed by atoms with Gasteiger partial charge in [0.15, 0.2) is 0 Å². The van der Waals surface area contributed by atoms with Gasteiger partial charge in [0.05, 0.1) is 18.5 Å². The van der Waals surface area contributed by atoms with Gasteiger partial charge in [0, 0.05) is 21.6 Å². The molecule has 1 amide bonds. The number of ether oxygens (including phenoxy) is 1. The Morgan fingerprint density at radius 2 is 2.05 bits per heavy atom. The molecule has 0 saturated heterocycles. The van der Waals surface area contributed by atoms with E-state index in [4.69, 9.17) is 10.5 Å². The van der Waals surface area contributed by atoms with Gasteiger partial charge in [-0.1, -0.05) is 0 Å². The molecule has 0 radical (unpaired) electrons. The number of anilines is 2. The maximum absolute atomic E-state index is 11.8. The summed E-state index contributed by atoms with van der Waals surface area (Å²) >= 11 is 0. The monoisotopic (exact) mass is 284 g/mol. The van der Waals surface area contributed by atoms with Crippen LogP contribution in [0, 0.1) is 0 Å². The zero-order chi connectivity index (χ0) is 14.6. The van der Waals surface area contributed by atoms with Crippen LogP contribution in [0.5, 0.6) is 5.75 Å². The number of nitrogens with one attached hydrogen (secondary N) is 1. The molecule has 106 valence electrons. The molecule has 19 heavy (non-hydrogen) atoms. The highest BCUT2D eigenvalue weighted by molar-refractivity contribution is 7.87. The standard InChI is InChI=1S/C13H20N2O3S/c1-13(2,3)19(17)8-12(16)15-11-6-5-9(18-4)7-10(11)14/h5-7H,8,14H2,1-4H3,(H,15,16). The predicted octanol–water partition coefficient (Wildman–Crippen LogP) is 1.76. The van der Waals surface area contributed by atoms with Crippen LogP contribution in [-0.2, 0) is 15.6 Å². The maximum atomic E-state index is 11.8. The quantitative estimate of drug-likeness (QED) is 0.826. The predicted molar refractivity (Wildman–Crippen MR) is 78.8 cm³/mol. The van der Waals surface area contributed by atoms with Crippen LogP contribution in [0.25, 0.3) is 0 Å². The highest BCUT2D eigenvalue weighted by atomic mass is 32.2. The number of nitrogen functional groups attached to an aromatic ring is 1. The molecule has 3 N–H and O–H groups in total. The number of carbonyl (C=O) groups excluding carboxylic acids is 1. The first-order valence-electron chi connectivity index (χ1n) is 5.86. The lowest BCUT2D eigenvalue weighted by Gasteiger charge is -2.17. The molecule has 0 aliphatic carbocycles. The molecule has 0 aliphatic heterocycles. The molecule has 0 heterocycles. The third-order valence-corrected chi connectivity index (χ3v) is 4.37. The zero-order valence-corrected chi connectivity index (χ0v) is 12.5. The van der Waals surface area contributed by atoms with Crippen LogP contribution in [0.4, 0.5) is 11.4 Å². The molecule has 0 aliphatic rings. The van der Waals surface area contributed by atoms with Gasteiger partial charge in [-0.05, 0) is 32.9 Å². The number of carbonyl (C=O) groups is 1. The van der Waals surface area contributed by atoms with E-state index in [2.05, 4.69) is 5.32 Å². The maximum Gasteiger partial charge on any atom is 0.237 e. The van der Waals surface area contributed by atoms with Gasteiger partial charge in [-0.25, -0.2) is 0 Å². The summed E-state index contributed by atoms with van der Waals surface area (Å²) in [6.45, 7) is 5.49. The Bertz CT molecular complexity index is 495. The van der Waals surface area contributed by atoms with Crippen molar-refractivity contribution in [2.45, 2.75) is 25.5 Å². The van der Waals surface area contributed by atoms with Gasteiger partial charge in [-0.15, -0.1) is 0 Å². The summed E-state index contributed by atoms with van der Waals surface area (Å²) in [6.07, 6.45) is 0. The molecule has 0 saturated carbocycles. The molecular formula is C13H20N2O3S. The molecule has 1 unspecified atom stereocenters. The first kappa shape index (κ1) is 15.5. The second kappa shape index (κ2) is 6.06. The van der Waals surface area contributed by atoms with Gasteiger partial charge >= 0.3 is 0 Å². The molecule has 1 aromatic carbocycles. The van der Waals surface area contributed by atoms with Crippen molar-refractivity contribution in [2.75, 3.05) is 23.9 Å². The van der Waals surface area contributed by atoms with E-state index in [0.717, 1.165) is 0 Å². The Morgan fingerprint density at radius 3 is 2.53 bits per heavy atom. The summed E-state index contributed by atoms with van der Waals surface area (Å²) in [5.41, 5.74) is 6.70. The van der Waals surface area contributed by atoms with Gasteiger partial charge < -0.3 is 15.8 Å². The van der Waals surface area contributed by atoms with E-state index in [1.165, 1.54) is 0 Å². The smallest absolute Gasteiger partial charge is 0.237 e. The minimum Gasteiger partial charge on any atom is -0.497 e. The Kier molecular flexibility index (Phi) is 4.94. The molecule has 5 nitrogen and oxygen atoms in total. The third kappa shape index (κ3) is 4.55. The zero-order valence-electron chi connectivity index (χ0n) is 11.6. The van der Waals surface area contributed by atoms with Crippen molar-refractivity contribution in [3.8, 4) is 5.75 Å². The van der Waals surface area contributed by atoms with Crippen LogP contribution in [-0.4, -0.2) is 27.7 Å². The molecule has 1 aromatic rings. The summed E-state index contributed by atoms with van der Waals surface area (Å²) in [6, 6.07) is 4.98. The Labute approximate surface area is 116 Å². The number of hydrogen-bond acceptors (Lipinski definition) is 4. The van der Waals surface area contributed by atoms with Gasteiger partial charge in [0.1, 0.15) is 11.5 Å². The van der Waals surface area contributed by atoms with E-state index >= 15 is 0 Å². The normalized spacial score (nSPS) is 12.8. The van der Waals surface area contributed by atoms with E-state index in [1.54, 1.807) is 25.3 Å². The molecule has 0 fully saturated rings. The summed E-state index contributed by atoms with van der Waals surface area (Å²) in [4.78, 5) is 11.8. The molecular weight excluding hydrogens is 264 g/mol. The Morgan fingerprint density at radius 1 is 1.42 bits per heavy atom. The molecule has 0 aromatic heterocycles. The van der Waals surface area contributed by atoms with Crippen LogP contribution in [0.1, 0.15) is 20.8 Å². The van der Waals surface area contributed by atoms with Crippen LogP contribution in [0.3, 0.4) is 0 Å². The second-order valence-electron chi connectivity index (χ2n) is 5.10. The third-order valence-electron chi connectivity index (χ3n) is 2.48. The lowest BCUT2D eigenvalue weighted by Crippen LogP contribution is -2.30. The minimum absolute atomic E-state index is 0.0467. The van der Waals surface area contributed by atoms with Gasteiger partial charge in [-0.3, -0.25) is 9.00 Å². The molecule has 0 spiro atoms. The van der Waals surface area contributed by atoms with E-state index in [-0.39, 0.29) is 11.7 Å². The van der Waals surface area contributed by atoms with Crippen molar-refractivity contribution in [1.29, 1.82) is 0 Å². The molecule has 1 atom stereocenters. The lowest BCUT2D eigenvalue weighted by atomic mass is 10.2. The summed E-state index contributed by atoms with van der Waals surface area (Å²) in [5, 5.41) is 2.65. The van der Waals surface area contributed by atoms with Gasteiger partial charge in [0.25, 0.3) is 0 Å². The second-order valence-corrected chi connectivity index (χ2v) is 7.31. The van der Waals surface area contributed by atoms with Crippen molar-refractivity contribution in [3.63, 3.8) is 0 Å². The van der Waals surface area contributed by atoms with Crippen molar-refractivity contribution < 1.29 is 13.7 Å². The fraction of sp³-hybridized carbons (Fsp3) is 0.462. The van der Waals surface area contributed by atoms with E-state index in [1.807, 2.05) is 20.8 Å². The van der Waals surface area contributed by atoms with Crippen molar-refractivity contribution in [1.82, 2.24) is 0 Å². The first-order chi connectivity index (χ1) is 8.74. The number of nitrogens with two attached hydrogens (primary N) is 1. The number of amides is 1. The minimum atomic E-state index is -1.23. The summed E-state index contributed by atoms with van der Waals surface area (Å²) in [7, 11) is 0.310. The van der Waals surface area contributed by atoms with Crippen LogP contribution in [0.15, 0.2) is 18.2 Å². The fourth-order valence-corrected chi connectivity index (χ4v) is 2.05. The number of benzene rings is 1. The lowest BCUT2D eigenvalue weighted by molar-refractivity contribution is -0.113. The Balaban J connectivity index is 2.70. The van der Waals surface area contributed by atoms with E-state index < -0.39 is 15.5 Å². The molecule has 1 rings (SSSR count). The van der Waals surface area contributed by atoms with E-state index in [0.29, 0.717) is 17.1 Å². The van der Waals surface area contributed by atoms with Gasteiger partial charge in [0.2, 0.25) is 5.91 Å². The number of rotatable bonds is 4. The summed E-state index contributed by atoms with van der Waals surface area (Å²) in [5.74, 6) is 0.258. The van der Waals surface area contributed by atoms with Crippen molar-refractivity contribution in [3.05, 3.63) is 18.2 Å². The van der Waals surface area contributed by atoms with Gasteiger partial charge in [-0.2, -0.15) is 0 Å². The molecule has 6 heteroatoms. The van der Waals surface area contributed by atoms with E-state index in [9.17, 15) is 9.00 Å². The van der Waals surface area contributed by atoms with Crippen molar-refractivity contribution in [2.24, 2.45) is 0 Å². The Hall–Kier alpha value is -1.56. The number of methoxy groups -OCH3 is 1. The highest BCUT2D eigenvalue weighted by Gasteiger charge is 2.22. The van der Waals surface area contributed by atoms with Crippen LogP contribution < -0.4 is 15.8 Å². The average molecular weight is 284 g/mol. The SMILES string of the molecule is COc1ccc(NC(=O)CS(=O)C(C)(C)C)c(N)c1. The largest absolute Gasteiger partial charge is 0.497 e. The van der Waals surface area contributed by atoms with Crippen molar-refractivity contribution >= 4 is 28.1 Å². The fourth-order valence-electron chi connectivity index (χ4n) is 1.30. The topological polar surface area (TPSA) is 81.4 Å². The molecule has 0 bridgehead atoms. The number of hydrogen-bond donors (Lipinski definition) is 2. The average Bonchev–Trinajstić information content (AvgIpc) is 2.30. The van der Waals surface area contributed by atoms with Crippen LogP contribution in [0.2, 0.25) is 0 Å². The summed E-state index contributed by atoms with van der Waals surface area (Å²) < 4.78 is 16.5. The first-order valence-corrected chi connectivity index (χ1v) is 7.18. The highest BCUT2D eigenvalue weighted by Crippen LogP contribution is 2.24.